The molecule has 0 aliphatic rings. The highest BCUT2D eigenvalue weighted by Gasteiger charge is 2.31. The van der Waals surface area contributed by atoms with Gasteiger partial charge in [-0.15, -0.1) is 0 Å². The Labute approximate surface area is 190 Å². The van der Waals surface area contributed by atoms with E-state index in [9.17, 15) is 21.6 Å². The van der Waals surface area contributed by atoms with E-state index in [1.54, 1.807) is 37.3 Å². The van der Waals surface area contributed by atoms with Crippen LogP contribution in [0.15, 0.2) is 59.5 Å². The van der Waals surface area contributed by atoms with Crippen molar-refractivity contribution in [2.24, 2.45) is 0 Å². The van der Waals surface area contributed by atoms with E-state index in [1.807, 2.05) is 0 Å². The number of sulfonamides is 2. The average Bonchev–Trinajstić information content (AvgIpc) is 2.74. The standard InChI is InChI=1S/C21H29N3O6S2/c1-5-20(24(31(4,26)27)17-9-7-6-8-10-17)21(25)22-15-16-30-18-11-13-19(14-12-18)32(28,29)23(2)3/h6-14,20H,5,15-16H2,1-4H3,(H,22,25)/t20-/m0/s1. The predicted octanol–water partition coefficient (Wildman–Crippen LogP) is 1.68. The number of hydrogen-bond acceptors (Lipinski definition) is 6. The topological polar surface area (TPSA) is 113 Å². The zero-order valence-corrected chi connectivity index (χ0v) is 20.2. The van der Waals surface area contributed by atoms with Crippen molar-refractivity contribution in [3.8, 4) is 5.75 Å². The average molecular weight is 484 g/mol. The summed E-state index contributed by atoms with van der Waals surface area (Å²) >= 11 is 0. The molecule has 11 heteroatoms. The molecule has 0 bridgehead atoms. The molecule has 0 aliphatic carbocycles. The summed E-state index contributed by atoms with van der Waals surface area (Å²) in [4.78, 5) is 12.9. The normalized spacial score (nSPS) is 12.9. The largest absolute Gasteiger partial charge is 0.492 e. The molecular weight excluding hydrogens is 454 g/mol. The van der Waals surface area contributed by atoms with Crippen molar-refractivity contribution in [1.82, 2.24) is 9.62 Å². The maximum absolute atomic E-state index is 12.7. The molecule has 1 amide bonds. The smallest absolute Gasteiger partial charge is 0.244 e. The molecule has 9 nitrogen and oxygen atoms in total. The van der Waals surface area contributed by atoms with Gasteiger partial charge >= 0.3 is 0 Å². The molecule has 176 valence electrons. The summed E-state index contributed by atoms with van der Waals surface area (Å²) in [6.45, 7) is 2.02. The van der Waals surface area contributed by atoms with E-state index in [0.717, 1.165) is 14.9 Å². The fourth-order valence-corrected chi connectivity index (χ4v) is 5.13. The number of benzene rings is 2. The molecule has 0 unspecified atom stereocenters. The maximum atomic E-state index is 12.7. The monoisotopic (exact) mass is 483 g/mol. The van der Waals surface area contributed by atoms with Gasteiger partial charge in [-0.25, -0.2) is 21.1 Å². The number of carbonyl (C=O) groups excluding carboxylic acids is 1. The first-order chi connectivity index (χ1) is 15.0. The fraction of sp³-hybridized carbons (Fsp3) is 0.381. The van der Waals surface area contributed by atoms with E-state index in [-0.39, 0.29) is 24.5 Å². The van der Waals surface area contributed by atoms with E-state index in [0.29, 0.717) is 11.4 Å². The summed E-state index contributed by atoms with van der Waals surface area (Å²) in [6, 6.07) is 13.5. The van der Waals surface area contributed by atoms with Gasteiger partial charge < -0.3 is 10.1 Å². The number of para-hydroxylation sites is 1. The van der Waals surface area contributed by atoms with Crippen LogP contribution in [0.3, 0.4) is 0 Å². The second-order valence-corrected chi connectivity index (χ2v) is 11.2. The predicted molar refractivity (Wildman–Crippen MR) is 124 cm³/mol. The maximum Gasteiger partial charge on any atom is 0.244 e. The molecule has 0 heterocycles. The van der Waals surface area contributed by atoms with Gasteiger partial charge in [0.25, 0.3) is 0 Å². The molecule has 0 saturated carbocycles. The Morgan fingerprint density at radius 2 is 1.59 bits per heavy atom. The third-order valence-electron chi connectivity index (χ3n) is 4.61. The Balaban J connectivity index is 1.98. The quantitative estimate of drug-likeness (QED) is 0.487. The van der Waals surface area contributed by atoms with Gasteiger partial charge in [0.15, 0.2) is 0 Å². The van der Waals surface area contributed by atoms with Gasteiger partial charge in [-0.05, 0) is 42.8 Å². The zero-order valence-electron chi connectivity index (χ0n) is 18.6. The lowest BCUT2D eigenvalue weighted by molar-refractivity contribution is -0.122. The SMILES string of the molecule is CC[C@@H](C(=O)NCCOc1ccc(S(=O)(=O)N(C)C)cc1)N(c1ccccc1)S(C)(=O)=O. The van der Waals surface area contributed by atoms with Crippen molar-refractivity contribution in [2.45, 2.75) is 24.3 Å². The van der Waals surface area contributed by atoms with Crippen molar-refractivity contribution in [2.75, 3.05) is 37.8 Å². The number of anilines is 1. The third kappa shape index (κ3) is 6.44. The lowest BCUT2D eigenvalue weighted by atomic mass is 10.2. The minimum atomic E-state index is -3.68. The number of carbonyl (C=O) groups is 1. The minimum Gasteiger partial charge on any atom is -0.492 e. The van der Waals surface area contributed by atoms with Gasteiger partial charge in [0.05, 0.1) is 23.4 Å². The van der Waals surface area contributed by atoms with Gasteiger partial charge in [-0.2, -0.15) is 0 Å². The molecule has 32 heavy (non-hydrogen) atoms. The number of nitrogens with zero attached hydrogens (tertiary/aromatic N) is 2. The van der Waals surface area contributed by atoms with Crippen molar-refractivity contribution < 1.29 is 26.4 Å². The lowest BCUT2D eigenvalue weighted by Crippen LogP contribution is -2.49. The first-order valence-corrected chi connectivity index (χ1v) is 13.2. The Kier molecular flexibility index (Phi) is 8.65. The lowest BCUT2D eigenvalue weighted by Gasteiger charge is -2.30. The highest BCUT2D eigenvalue weighted by atomic mass is 32.2. The second kappa shape index (κ2) is 10.8. The summed E-state index contributed by atoms with van der Waals surface area (Å²) in [5.41, 5.74) is 0.418. The Morgan fingerprint density at radius 1 is 1.00 bits per heavy atom. The van der Waals surface area contributed by atoms with Crippen LogP contribution in [0.1, 0.15) is 13.3 Å². The van der Waals surface area contributed by atoms with Crippen LogP contribution < -0.4 is 14.4 Å². The van der Waals surface area contributed by atoms with Crippen LogP contribution in [0.2, 0.25) is 0 Å². The highest BCUT2D eigenvalue weighted by molar-refractivity contribution is 7.92. The van der Waals surface area contributed by atoms with Gasteiger partial charge in [-0.1, -0.05) is 25.1 Å². The van der Waals surface area contributed by atoms with Crippen LogP contribution in [-0.2, 0) is 24.8 Å². The Hall–Kier alpha value is -2.63. The molecular formula is C21H29N3O6S2. The number of rotatable bonds is 11. The Morgan fingerprint density at radius 3 is 2.09 bits per heavy atom. The summed E-state index contributed by atoms with van der Waals surface area (Å²) in [5.74, 6) is 0.0175. The van der Waals surface area contributed by atoms with Crippen molar-refractivity contribution in [3.05, 3.63) is 54.6 Å². The first-order valence-electron chi connectivity index (χ1n) is 9.96. The van der Waals surface area contributed by atoms with Gasteiger partial charge in [0, 0.05) is 14.1 Å². The van der Waals surface area contributed by atoms with Gasteiger partial charge in [-0.3, -0.25) is 9.10 Å². The molecule has 0 aromatic heterocycles. The molecule has 2 rings (SSSR count). The van der Waals surface area contributed by atoms with E-state index >= 15 is 0 Å². The van der Waals surface area contributed by atoms with Crippen LogP contribution in [0.25, 0.3) is 0 Å². The first kappa shape index (κ1) is 25.6. The Bertz CT molecular complexity index is 1100. The van der Waals surface area contributed by atoms with Crippen LogP contribution >= 0.6 is 0 Å². The molecule has 0 aliphatic heterocycles. The van der Waals surface area contributed by atoms with Crippen molar-refractivity contribution >= 4 is 31.6 Å². The van der Waals surface area contributed by atoms with E-state index in [2.05, 4.69) is 5.32 Å². The van der Waals surface area contributed by atoms with Gasteiger partial charge in [0.2, 0.25) is 26.0 Å². The number of ether oxygens (including phenoxy) is 1. The number of amides is 1. The minimum absolute atomic E-state index is 0.131. The molecule has 2 aromatic carbocycles. The summed E-state index contributed by atoms with van der Waals surface area (Å²) in [6.07, 6.45) is 1.36. The molecule has 1 atom stereocenters. The van der Waals surface area contributed by atoms with Crippen LogP contribution in [0.4, 0.5) is 5.69 Å². The fourth-order valence-electron chi connectivity index (χ4n) is 3.01. The highest BCUT2D eigenvalue weighted by Crippen LogP contribution is 2.22. The van der Waals surface area contributed by atoms with Crippen LogP contribution in [0.5, 0.6) is 5.75 Å². The third-order valence-corrected chi connectivity index (χ3v) is 7.62. The summed E-state index contributed by atoms with van der Waals surface area (Å²) in [5, 5.41) is 2.70. The molecule has 0 fully saturated rings. The molecule has 2 aromatic rings. The molecule has 0 spiro atoms. The molecule has 1 N–H and O–H groups in total. The second-order valence-electron chi connectivity index (χ2n) is 7.22. The van der Waals surface area contributed by atoms with Crippen LogP contribution in [0, 0.1) is 0 Å². The molecule has 0 saturated heterocycles. The zero-order chi connectivity index (χ0) is 23.9. The van der Waals surface area contributed by atoms with E-state index in [4.69, 9.17) is 4.74 Å². The summed E-state index contributed by atoms with van der Waals surface area (Å²) in [7, 11) is -4.29. The number of nitrogens with one attached hydrogen (secondary N) is 1. The van der Waals surface area contributed by atoms with E-state index < -0.39 is 32.0 Å². The van der Waals surface area contributed by atoms with Crippen molar-refractivity contribution in [3.63, 3.8) is 0 Å². The van der Waals surface area contributed by atoms with E-state index in [1.165, 1.54) is 38.4 Å². The molecule has 0 radical (unpaired) electrons. The van der Waals surface area contributed by atoms with Crippen LogP contribution in [-0.4, -0.2) is 66.6 Å². The van der Waals surface area contributed by atoms with Crippen molar-refractivity contribution in [1.29, 1.82) is 0 Å². The summed E-state index contributed by atoms with van der Waals surface area (Å²) < 4.78 is 56.7. The number of hydrogen-bond donors (Lipinski definition) is 1. The van der Waals surface area contributed by atoms with Gasteiger partial charge in [0.1, 0.15) is 18.4 Å².